The number of benzene rings is 1. The number of aliphatic imine (C=N–C) groups is 1. The number of likely N-dealkylation sites (tertiary alicyclic amines) is 1. The average Bonchev–Trinajstić information content (AvgIpc) is 3.28. The summed E-state index contributed by atoms with van der Waals surface area (Å²) in [5.41, 5.74) is 1.35. The van der Waals surface area contributed by atoms with E-state index >= 15 is 0 Å². The highest BCUT2D eigenvalue weighted by Crippen LogP contribution is 2.26. The summed E-state index contributed by atoms with van der Waals surface area (Å²) in [5.74, 6) is 2.37. The van der Waals surface area contributed by atoms with Crippen molar-refractivity contribution in [1.29, 1.82) is 0 Å². The molecule has 0 aromatic heterocycles. The number of ether oxygens (including phenoxy) is 1. The predicted molar refractivity (Wildman–Crippen MR) is 117 cm³/mol. The van der Waals surface area contributed by atoms with Crippen LogP contribution in [0.4, 0.5) is 0 Å². The van der Waals surface area contributed by atoms with Gasteiger partial charge in [0.05, 0.1) is 7.11 Å². The van der Waals surface area contributed by atoms with Crippen LogP contribution in [0.2, 0.25) is 0 Å². The van der Waals surface area contributed by atoms with Crippen molar-refractivity contribution in [1.82, 2.24) is 15.5 Å². The van der Waals surface area contributed by atoms with Gasteiger partial charge in [0.1, 0.15) is 5.75 Å². The minimum Gasteiger partial charge on any atom is -0.497 e. The lowest BCUT2D eigenvalue weighted by molar-refractivity contribution is 0.150. The van der Waals surface area contributed by atoms with E-state index < -0.39 is 0 Å². The lowest BCUT2D eigenvalue weighted by Gasteiger charge is -2.36. The van der Waals surface area contributed by atoms with Gasteiger partial charge in [-0.3, -0.25) is 4.99 Å². The molecule has 2 aliphatic rings. The lowest BCUT2D eigenvalue weighted by Crippen LogP contribution is -2.50. The maximum absolute atomic E-state index is 5.24. The molecular weight excluding hydrogens is 348 g/mol. The Labute approximate surface area is 170 Å². The molecule has 1 aromatic rings. The molecule has 1 aliphatic carbocycles. The van der Waals surface area contributed by atoms with Crippen molar-refractivity contribution in [3.05, 3.63) is 29.8 Å². The van der Waals surface area contributed by atoms with Gasteiger partial charge < -0.3 is 20.3 Å². The third-order valence-corrected chi connectivity index (χ3v) is 6.49. The van der Waals surface area contributed by atoms with Gasteiger partial charge in [-0.15, -0.1) is 0 Å². The van der Waals surface area contributed by atoms with Crippen molar-refractivity contribution in [3.8, 4) is 5.75 Å². The van der Waals surface area contributed by atoms with E-state index in [9.17, 15) is 0 Å². The van der Waals surface area contributed by atoms with Crippen molar-refractivity contribution in [3.63, 3.8) is 0 Å². The van der Waals surface area contributed by atoms with Gasteiger partial charge in [-0.1, -0.05) is 31.9 Å². The van der Waals surface area contributed by atoms with Crippen LogP contribution < -0.4 is 15.4 Å². The molecule has 0 radical (unpaired) electrons. The second kappa shape index (κ2) is 10.7. The van der Waals surface area contributed by atoms with Crippen molar-refractivity contribution in [2.45, 2.75) is 69.9 Å². The summed E-state index contributed by atoms with van der Waals surface area (Å²) in [6, 6.07) is 9.80. The molecule has 1 unspecified atom stereocenters. The smallest absolute Gasteiger partial charge is 0.191 e. The van der Waals surface area contributed by atoms with E-state index in [0.29, 0.717) is 12.0 Å². The number of hydrogen-bond donors (Lipinski definition) is 2. The number of hydrogen-bond acceptors (Lipinski definition) is 3. The van der Waals surface area contributed by atoms with Crippen LogP contribution in [-0.2, 0) is 0 Å². The van der Waals surface area contributed by atoms with Crippen LogP contribution in [0.3, 0.4) is 0 Å². The fraction of sp³-hybridized carbons (Fsp3) is 0.696. The molecule has 5 heteroatoms. The van der Waals surface area contributed by atoms with Crippen molar-refractivity contribution in [2.75, 3.05) is 33.8 Å². The van der Waals surface area contributed by atoms with Crippen molar-refractivity contribution >= 4 is 5.96 Å². The highest BCUT2D eigenvalue weighted by Gasteiger charge is 2.27. The van der Waals surface area contributed by atoms with Gasteiger partial charge in [-0.05, 0) is 55.7 Å². The van der Waals surface area contributed by atoms with E-state index in [1.165, 1.54) is 57.2 Å². The largest absolute Gasteiger partial charge is 0.497 e. The van der Waals surface area contributed by atoms with Gasteiger partial charge in [0.2, 0.25) is 0 Å². The highest BCUT2D eigenvalue weighted by atomic mass is 16.5. The van der Waals surface area contributed by atoms with Crippen LogP contribution in [0, 0.1) is 0 Å². The zero-order chi connectivity index (χ0) is 19.8. The fourth-order valence-corrected chi connectivity index (χ4v) is 4.57. The Hall–Kier alpha value is -1.75. The summed E-state index contributed by atoms with van der Waals surface area (Å²) >= 11 is 0. The summed E-state index contributed by atoms with van der Waals surface area (Å²) in [7, 11) is 3.58. The molecule has 2 fully saturated rings. The number of nitrogens with zero attached hydrogens (tertiary/aromatic N) is 2. The van der Waals surface area contributed by atoms with Gasteiger partial charge in [0.15, 0.2) is 5.96 Å². The summed E-state index contributed by atoms with van der Waals surface area (Å²) in [6.45, 7) is 5.66. The molecule has 156 valence electrons. The fourth-order valence-electron chi connectivity index (χ4n) is 4.57. The van der Waals surface area contributed by atoms with Gasteiger partial charge in [-0.25, -0.2) is 0 Å². The Morgan fingerprint density at radius 1 is 1.14 bits per heavy atom. The van der Waals surface area contributed by atoms with E-state index in [1.807, 2.05) is 19.2 Å². The first kappa shape index (κ1) is 21.0. The minimum atomic E-state index is 0.506. The predicted octanol–water partition coefficient (Wildman–Crippen LogP) is 3.76. The molecule has 0 bridgehead atoms. The summed E-state index contributed by atoms with van der Waals surface area (Å²) < 4.78 is 5.24. The standard InChI is InChI=1S/C23H38N4O/c1-18(19-8-10-22(28-3)11-9-19)12-15-25-23(24-2)26-20-13-16-27(17-14-20)21-6-4-5-7-21/h8-11,18,20-21H,4-7,12-17H2,1-3H3,(H2,24,25,26). The number of rotatable bonds is 7. The van der Waals surface area contributed by atoms with Crippen molar-refractivity contribution in [2.24, 2.45) is 4.99 Å². The highest BCUT2D eigenvalue weighted by molar-refractivity contribution is 5.79. The normalized spacial score (nSPS) is 20.9. The van der Waals surface area contributed by atoms with Crippen molar-refractivity contribution < 1.29 is 4.74 Å². The molecular formula is C23H38N4O. The van der Waals surface area contributed by atoms with Crippen LogP contribution in [-0.4, -0.2) is 56.7 Å². The zero-order valence-electron chi connectivity index (χ0n) is 17.9. The number of methoxy groups -OCH3 is 1. The summed E-state index contributed by atoms with van der Waals surface area (Å²) in [5, 5.41) is 7.15. The second-order valence-corrected chi connectivity index (χ2v) is 8.35. The SMILES string of the molecule is CN=C(NCCC(C)c1ccc(OC)cc1)NC1CCN(C2CCCC2)CC1. The second-order valence-electron chi connectivity index (χ2n) is 8.35. The molecule has 0 spiro atoms. The number of nitrogens with one attached hydrogen (secondary N) is 2. The third-order valence-electron chi connectivity index (χ3n) is 6.49. The van der Waals surface area contributed by atoms with Gasteiger partial charge in [0.25, 0.3) is 0 Å². The maximum Gasteiger partial charge on any atom is 0.191 e. The van der Waals surface area contributed by atoms with E-state index in [1.54, 1.807) is 7.11 Å². The lowest BCUT2D eigenvalue weighted by atomic mass is 9.98. The molecule has 1 saturated carbocycles. The molecule has 1 aromatic carbocycles. The Bertz CT molecular complexity index is 602. The van der Waals surface area contributed by atoms with E-state index in [2.05, 4.69) is 39.6 Å². The van der Waals surface area contributed by atoms with Gasteiger partial charge in [0, 0.05) is 38.8 Å². The van der Waals surface area contributed by atoms with Crippen LogP contribution in [0.1, 0.15) is 63.4 Å². The third kappa shape index (κ3) is 5.87. The Morgan fingerprint density at radius 3 is 2.43 bits per heavy atom. The first-order valence-electron chi connectivity index (χ1n) is 11.0. The van der Waals surface area contributed by atoms with Crippen LogP contribution >= 0.6 is 0 Å². The zero-order valence-corrected chi connectivity index (χ0v) is 17.9. The molecule has 1 saturated heterocycles. The Kier molecular flexibility index (Phi) is 8.01. The molecule has 28 heavy (non-hydrogen) atoms. The molecule has 2 N–H and O–H groups in total. The summed E-state index contributed by atoms with van der Waals surface area (Å²) in [4.78, 5) is 7.16. The molecule has 1 heterocycles. The first-order chi connectivity index (χ1) is 13.7. The maximum atomic E-state index is 5.24. The molecule has 5 nitrogen and oxygen atoms in total. The van der Waals surface area contributed by atoms with Gasteiger partial charge >= 0.3 is 0 Å². The molecule has 1 atom stereocenters. The quantitative estimate of drug-likeness (QED) is 0.553. The minimum absolute atomic E-state index is 0.506. The first-order valence-corrected chi connectivity index (χ1v) is 11.0. The van der Waals surface area contributed by atoms with Crippen LogP contribution in [0.15, 0.2) is 29.3 Å². The van der Waals surface area contributed by atoms with E-state index in [0.717, 1.165) is 30.7 Å². The van der Waals surface area contributed by atoms with Crippen LogP contribution in [0.25, 0.3) is 0 Å². The monoisotopic (exact) mass is 386 g/mol. The van der Waals surface area contributed by atoms with E-state index in [4.69, 9.17) is 4.74 Å². The number of guanidine groups is 1. The summed E-state index contributed by atoms with van der Waals surface area (Å²) in [6.07, 6.45) is 9.19. The average molecular weight is 387 g/mol. The Balaban J connectivity index is 1.36. The molecule has 1 aliphatic heterocycles. The number of piperidine rings is 1. The molecule has 0 amide bonds. The topological polar surface area (TPSA) is 48.9 Å². The van der Waals surface area contributed by atoms with Gasteiger partial charge in [-0.2, -0.15) is 0 Å². The van der Waals surface area contributed by atoms with E-state index in [-0.39, 0.29) is 0 Å². The Morgan fingerprint density at radius 2 is 1.82 bits per heavy atom. The molecule has 3 rings (SSSR count). The van der Waals surface area contributed by atoms with Crippen LogP contribution in [0.5, 0.6) is 5.75 Å².